The lowest BCUT2D eigenvalue weighted by atomic mass is 10.1. The van der Waals surface area contributed by atoms with Crippen LogP contribution >= 0.6 is 0 Å². The number of amides is 4. The molecule has 2 aromatic carbocycles. The number of rotatable bonds is 8. The van der Waals surface area contributed by atoms with E-state index < -0.39 is 0 Å². The summed E-state index contributed by atoms with van der Waals surface area (Å²) in [6.45, 7) is 1.41. The first-order valence-corrected chi connectivity index (χ1v) is 10.8. The standard InChI is InChI=1S/C24H27N3O5/c1-31-20-9-7-17(13-21(20)32-16-18-5-3-2-4-6-18)8-10-22(28)26-12-11-19(15-26)27-23(29)14-25-24(27)30/h2-7,9,13,19H,8,10-12,14-16H2,1H3,(H,25,30)/t19-/m1/s1. The number of urea groups is 1. The number of hydrogen-bond acceptors (Lipinski definition) is 5. The Morgan fingerprint density at radius 1 is 1.09 bits per heavy atom. The molecule has 0 bridgehead atoms. The molecule has 4 rings (SSSR count). The Bertz CT molecular complexity index is 978. The van der Waals surface area contributed by atoms with E-state index in [4.69, 9.17) is 9.47 Å². The summed E-state index contributed by atoms with van der Waals surface area (Å²) in [6.07, 6.45) is 1.52. The van der Waals surface area contributed by atoms with Gasteiger partial charge in [0.2, 0.25) is 11.8 Å². The number of aryl methyl sites for hydroxylation is 1. The van der Waals surface area contributed by atoms with Gasteiger partial charge in [-0.2, -0.15) is 0 Å². The first-order chi connectivity index (χ1) is 15.5. The highest BCUT2D eigenvalue weighted by molar-refractivity contribution is 6.02. The number of nitrogens with one attached hydrogen (secondary N) is 1. The van der Waals surface area contributed by atoms with Gasteiger partial charge in [-0.05, 0) is 36.1 Å². The van der Waals surface area contributed by atoms with E-state index in [1.54, 1.807) is 12.0 Å². The number of carbonyl (C=O) groups is 3. The molecule has 32 heavy (non-hydrogen) atoms. The molecule has 0 radical (unpaired) electrons. The number of benzene rings is 2. The smallest absolute Gasteiger partial charge is 0.324 e. The highest BCUT2D eigenvalue weighted by Gasteiger charge is 2.39. The normalized spacial score (nSPS) is 18.1. The van der Waals surface area contributed by atoms with E-state index in [1.807, 2.05) is 48.5 Å². The van der Waals surface area contributed by atoms with Crippen molar-refractivity contribution in [3.63, 3.8) is 0 Å². The van der Waals surface area contributed by atoms with Gasteiger partial charge in [-0.3, -0.25) is 14.5 Å². The number of hydrogen-bond donors (Lipinski definition) is 1. The van der Waals surface area contributed by atoms with Crippen LogP contribution in [0.1, 0.15) is 24.0 Å². The van der Waals surface area contributed by atoms with Crippen LogP contribution in [0.4, 0.5) is 4.79 Å². The predicted octanol–water partition coefficient (Wildman–Crippen LogP) is 2.36. The molecule has 0 aliphatic carbocycles. The van der Waals surface area contributed by atoms with Gasteiger partial charge < -0.3 is 19.7 Å². The zero-order chi connectivity index (χ0) is 22.5. The van der Waals surface area contributed by atoms with Crippen LogP contribution < -0.4 is 14.8 Å². The van der Waals surface area contributed by atoms with Crippen molar-refractivity contribution in [2.24, 2.45) is 0 Å². The number of carbonyl (C=O) groups excluding carboxylic acids is 3. The fourth-order valence-electron chi connectivity index (χ4n) is 4.12. The van der Waals surface area contributed by atoms with Gasteiger partial charge in [0.1, 0.15) is 6.61 Å². The second kappa shape index (κ2) is 9.72. The van der Waals surface area contributed by atoms with Crippen LogP contribution in [0, 0.1) is 0 Å². The summed E-state index contributed by atoms with van der Waals surface area (Å²) in [5, 5.41) is 2.53. The van der Waals surface area contributed by atoms with E-state index in [0.717, 1.165) is 11.1 Å². The molecule has 0 aromatic heterocycles. The Morgan fingerprint density at radius 2 is 1.91 bits per heavy atom. The van der Waals surface area contributed by atoms with Crippen LogP contribution in [0.3, 0.4) is 0 Å². The molecule has 2 saturated heterocycles. The van der Waals surface area contributed by atoms with E-state index >= 15 is 0 Å². The zero-order valence-corrected chi connectivity index (χ0v) is 18.1. The minimum atomic E-state index is -0.365. The van der Waals surface area contributed by atoms with Crippen molar-refractivity contribution in [2.45, 2.75) is 31.9 Å². The molecule has 4 amide bonds. The molecule has 8 nitrogen and oxygen atoms in total. The molecule has 2 heterocycles. The fraction of sp³-hybridized carbons (Fsp3) is 0.375. The summed E-state index contributed by atoms with van der Waals surface area (Å²) < 4.78 is 11.4. The van der Waals surface area contributed by atoms with E-state index in [1.165, 1.54) is 4.90 Å². The maximum absolute atomic E-state index is 12.7. The fourth-order valence-corrected chi connectivity index (χ4v) is 4.12. The van der Waals surface area contributed by atoms with Gasteiger partial charge in [-0.1, -0.05) is 36.4 Å². The minimum Gasteiger partial charge on any atom is -0.493 e. The average molecular weight is 437 g/mol. The summed E-state index contributed by atoms with van der Waals surface area (Å²) in [6, 6.07) is 15.0. The maximum Gasteiger partial charge on any atom is 0.324 e. The Kier molecular flexibility index (Phi) is 6.58. The van der Waals surface area contributed by atoms with Gasteiger partial charge in [0.05, 0.1) is 19.7 Å². The Labute approximate surface area is 187 Å². The third-order valence-corrected chi connectivity index (χ3v) is 5.85. The third-order valence-electron chi connectivity index (χ3n) is 5.85. The van der Waals surface area contributed by atoms with Crippen LogP contribution in [0.25, 0.3) is 0 Å². The predicted molar refractivity (Wildman–Crippen MR) is 117 cm³/mol. The number of methoxy groups -OCH3 is 1. The van der Waals surface area contributed by atoms with Crippen LogP contribution in [-0.2, 0) is 22.6 Å². The maximum atomic E-state index is 12.7. The number of imide groups is 1. The largest absolute Gasteiger partial charge is 0.493 e. The summed E-state index contributed by atoms with van der Waals surface area (Å²) in [4.78, 5) is 39.5. The van der Waals surface area contributed by atoms with Crippen molar-refractivity contribution in [3.8, 4) is 11.5 Å². The molecule has 168 valence electrons. The third kappa shape index (κ3) is 4.85. The number of likely N-dealkylation sites (tertiary alicyclic amines) is 1. The molecule has 0 saturated carbocycles. The molecule has 8 heteroatoms. The zero-order valence-electron chi connectivity index (χ0n) is 18.1. The van der Waals surface area contributed by atoms with Gasteiger partial charge in [-0.25, -0.2) is 4.79 Å². The quantitative estimate of drug-likeness (QED) is 0.641. The SMILES string of the molecule is COc1ccc(CCC(=O)N2CC[C@@H](N3C(=O)CNC3=O)C2)cc1OCc1ccccc1. The summed E-state index contributed by atoms with van der Waals surface area (Å²) >= 11 is 0. The molecular formula is C24H27N3O5. The van der Waals surface area contributed by atoms with Gasteiger partial charge in [0.25, 0.3) is 0 Å². The van der Waals surface area contributed by atoms with Crippen molar-refractivity contribution in [1.29, 1.82) is 0 Å². The van der Waals surface area contributed by atoms with E-state index in [-0.39, 0.29) is 30.4 Å². The van der Waals surface area contributed by atoms with Crippen molar-refractivity contribution >= 4 is 17.8 Å². The molecular weight excluding hydrogens is 410 g/mol. The lowest BCUT2D eigenvalue weighted by molar-refractivity contribution is -0.131. The molecule has 0 spiro atoms. The summed E-state index contributed by atoms with van der Waals surface area (Å²) in [7, 11) is 1.60. The van der Waals surface area contributed by atoms with Gasteiger partial charge in [0, 0.05) is 19.5 Å². The highest BCUT2D eigenvalue weighted by Crippen LogP contribution is 2.29. The van der Waals surface area contributed by atoms with Gasteiger partial charge in [-0.15, -0.1) is 0 Å². The van der Waals surface area contributed by atoms with E-state index in [0.29, 0.717) is 50.5 Å². The monoisotopic (exact) mass is 437 g/mol. The van der Waals surface area contributed by atoms with Crippen molar-refractivity contribution in [3.05, 3.63) is 59.7 Å². The Balaban J connectivity index is 1.32. The van der Waals surface area contributed by atoms with Crippen LogP contribution in [0.5, 0.6) is 11.5 Å². The van der Waals surface area contributed by atoms with Gasteiger partial charge in [0.15, 0.2) is 11.5 Å². The Morgan fingerprint density at radius 3 is 2.62 bits per heavy atom. The summed E-state index contributed by atoms with van der Waals surface area (Å²) in [5.41, 5.74) is 2.04. The molecule has 1 atom stereocenters. The molecule has 1 N–H and O–H groups in total. The molecule has 2 fully saturated rings. The van der Waals surface area contributed by atoms with Crippen LogP contribution in [0.15, 0.2) is 48.5 Å². The van der Waals surface area contributed by atoms with E-state index in [9.17, 15) is 14.4 Å². The minimum absolute atomic E-state index is 0.0159. The van der Waals surface area contributed by atoms with Crippen molar-refractivity contribution in [1.82, 2.24) is 15.1 Å². The first kappa shape index (κ1) is 21.7. The van der Waals surface area contributed by atoms with Crippen molar-refractivity contribution < 1.29 is 23.9 Å². The second-order valence-electron chi connectivity index (χ2n) is 7.96. The average Bonchev–Trinajstić information content (AvgIpc) is 3.43. The van der Waals surface area contributed by atoms with Crippen LogP contribution in [-0.4, -0.2) is 60.4 Å². The Hall–Kier alpha value is -3.55. The lowest BCUT2D eigenvalue weighted by Crippen LogP contribution is -2.42. The molecule has 2 aliphatic rings. The molecule has 2 aliphatic heterocycles. The number of nitrogens with zero attached hydrogens (tertiary/aromatic N) is 2. The van der Waals surface area contributed by atoms with Crippen LogP contribution in [0.2, 0.25) is 0 Å². The van der Waals surface area contributed by atoms with Gasteiger partial charge >= 0.3 is 6.03 Å². The first-order valence-electron chi connectivity index (χ1n) is 10.8. The van der Waals surface area contributed by atoms with Crippen molar-refractivity contribution in [2.75, 3.05) is 26.7 Å². The summed E-state index contributed by atoms with van der Waals surface area (Å²) in [5.74, 6) is 1.07. The topological polar surface area (TPSA) is 88.2 Å². The second-order valence-corrected chi connectivity index (χ2v) is 7.96. The highest BCUT2D eigenvalue weighted by atomic mass is 16.5. The number of ether oxygens (including phenoxy) is 2. The molecule has 2 aromatic rings. The lowest BCUT2D eigenvalue weighted by Gasteiger charge is -2.21. The van der Waals surface area contributed by atoms with E-state index in [2.05, 4.69) is 5.32 Å². The molecule has 0 unspecified atom stereocenters.